The predicted molar refractivity (Wildman–Crippen MR) is 526 cm³/mol. The van der Waals surface area contributed by atoms with E-state index in [1.165, 1.54) is 51.9 Å². The lowest BCUT2D eigenvalue weighted by Gasteiger charge is -2.49. The quantitative estimate of drug-likeness (QED) is 0.00864. The zero-order valence-electron chi connectivity index (χ0n) is 80.2. The summed E-state index contributed by atoms with van der Waals surface area (Å²) in [4.78, 5) is 196. The monoisotopic (exact) mass is 2170 g/mol. The number of nitrogens with zero attached hydrogens (tertiary/aromatic N) is 4. The highest BCUT2D eigenvalue weighted by molar-refractivity contribution is 8.00. The van der Waals surface area contributed by atoms with Gasteiger partial charge < -0.3 is 165 Å². The summed E-state index contributed by atoms with van der Waals surface area (Å²) in [7, 11) is 2.65. The Morgan fingerprint density at radius 2 is 1.36 bits per heavy atom. The maximum atomic E-state index is 16.4. The molecular formula is C95H110Cl3N18O31S2+. The third-order valence-electron chi connectivity index (χ3n) is 25.6. The molecule has 0 aliphatic carbocycles. The number of phenolic OH excluding ortho intramolecular Hbond substituents is 3. The van der Waals surface area contributed by atoms with Crippen molar-refractivity contribution in [2.45, 2.75) is 213 Å². The molecule has 49 nitrogen and oxygen atoms in total. The first-order valence-corrected chi connectivity index (χ1v) is 49.7. The minimum Gasteiger partial charge on any atom is -0.507 e. The molecule has 149 heavy (non-hydrogen) atoms. The molecule has 0 radical (unpaired) electrons. The summed E-state index contributed by atoms with van der Waals surface area (Å²) in [6, 6.07) is -0.120. The Hall–Kier alpha value is -13.5. The van der Waals surface area contributed by atoms with E-state index in [1.54, 1.807) is 42.9 Å². The van der Waals surface area contributed by atoms with E-state index in [9.17, 15) is 94.5 Å². The topological polar surface area (TPSA) is 752 Å². The number of fused-ring (bicyclic) bond motifs is 16. The first-order chi connectivity index (χ1) is 70.7. The molecule has 5 aromatic carbocycles. The van der Waals surface area contributed by atoms with Gasteiger partial charge in [0.05, 0.1) is 46.9 Å². The van der Waals surface area contributed by atoms with Crippen molar-refractivity contribution in [1.82, 2.24) is 68.4 Å². The van der Waals surface area contributed by atoms with Crippen molar-refractivity contribution in [2.24, 2.45) is 22.5 Å². The van der Waals surface area contributed by atoms with Crippen LogP contribution in [0, 0.1) is 5.92 Å². The molecule has 0 spiro atoms. The number of nitrogens with one attached hydrogen (secondary N) is 11. The lowest BCUT2D eigenvalue weighted by atomic mass is 9.86. The van der Waals surface area contributed by atoms with E-state index in [0.29, 0.717) is 11.1 Å². The molecule has 0 saturated carbocycles. The van der Waals surface area contributed by atoms with Crippen molar-refractivity contribution in [2.75, 3.05) is 45.3 Å². The molecular weight excluding hydrogens is 2060 g/mol. The number of thioether (sulfide) groups is 1. The summed E-state index contributed by atoms with van der Waals surface area (Å²) in [6.07, 6.45) is -15.4. The Morgan fingerprint density at radius 1 is 0.725 bits per heavy atom. The van der Waals surface area contributed by atoms with Gasteiger partial charge in [-0.15, -0.1) is 11.8 Å². The van der Waals surface area contributed by atoms with Crippen LogP contribution in [0.2, 0.25) is 14.4 Å². The molecule has 798 valence electrons. The first-order valence-electron chi connectivity index (χ1n) is 46.7. The van der Waals surface area contributed by atoms with Crippen LogP contribution in [0.5, 0.6) is 46.0 Å². The van der Waals surface area contributed by atoms with Crippen LogP contribution in [-0.2, 0) is 101 Å². The van der Waals surface area contributed by atoms with Gasteiger partial charge in [-0.3, -0.25) is 57.6 Å². The predicted octanol–water partition coefficient (Wildman–Crippen LogP) is -0.0423. The number of ether oxygens (including phenoxy) is 6. The number of anilines is 1. The smallest absolute Gasteiger partial charge is 0.352 e. The average Bonchev–Trinajstić information content (AvgIpc) is 1.62. The number of aliphatic hydroxyl groups is 6. The number of hydrogen-bond acceptors (Lipinski definition) is 37. The summed E-state index contributed by atoms with van der Waals surface area (Å²) < 4.78 is 40.4. The number of aromatic hydroxyl groups is 3. The van der Waals surface area contributed by atoms with Crippen LogP contribution in [0.1, 0.15) is 148 Å². The Bertz CT molecular complexity index is 6430. The lowest BCUT2D eigenvalue weighted by molar-refractivity contribution is -0.689. The number of β-lactam (4-membered cyclic amide) rings is 1. The molecule has 2 aromatic heterocycles. The number of rotatable bonds is 32. The number of aliphatic carboxylic acids is 2. The molecule has 28 N–H and O–H groups in total. The van der Waals surface area contributed by atoms with Gasteiger partial charge in [-0.25, -0.2) is 19.1 Å². The molecule has 11 heterocycles. The fraction of sp³-hybridized carbons (Fsp3) is 0.432. The summed E-state index contributed by atoms with van der Waals surface area (Å²) in [5, 5.41) is 159. The van der Waals surface area contributed by atoms with Gasteiger partial charge in [-0.2, -0.15) is 0 Å². The van der Waals surface area contributed by atoms with Crippen LogP contribution in [-0.4, -0.2) is 279 Å². The molecule has 11 bridgehead atoms. The molecule has 0 unspecified atom stereocenters. The SMILES string of the molecule is CN[C@H](CC(C)C)C(=O)N[C@H]1C(=O)N[C@@H](CC(N)=O)C(=O)N[C@H]2C(=O)N[C@H]3C(=O)N[C@H](C(=O)N[C@H](C(=O)O)c4cc(O)c(CNCCNC(=O)CCCCC(=O)NCc5cc[n+](CC6=C(C(=O)O)N7C(=O)[C@@H](NC(=O)/C(=N/OC)c8nc(N)sc8Cl)[C@H]7SC6)cc5)c(O)c4-c4cc3ccc4O)[C@H](O)c3ccc(c(Cl)c3)Oc3cc2cc(c3O[C@@H]2O[C@H](CO)[C@@H](O)[C@H](O)[C@H]2O[C@H]2C[C@](C)(N)[C@H](O)[C@H](C)O2)Oc2ccc(cc2Cl)[C@H]1O. The van der Waals surface area contributed by atoms with E-state index in [2.05, 4.69) is 68.6 Å². The number of pyridine rings is 1. The normalized spacial score (nSPS) is 25.7. The van der Waals surface area contributed by atoms with E-state index in [-0.39, 0.29) is 126 Å². The zero-order chi connectivity index (χ0) is 108. The molecule has 20 atom stereocenters. The molecule has 54 heteroatoms. The fourth-order valence-corrected chi connectivity index (χ4v) is 20.6. The number of amides is 11. The number of nitrogen functional groups attached to an aromatic ring is 1. The number of oxime groups is 1. The minimum atomic E-state index is -2.44. The van der Waals surface area contributed by atoms with Gasteiger partial charge in [0, 0.05) is 91.1 Å². The zero-order valence-corrected chi connectivity index (χ0v) is 84.1. The third kappa shape index (κ3) is 25.2. The largest absolute Gasteiger partial charge is 0.507 e. The lowest BCUT2D eigenvalue weighted by Crippen LogP contribution is -2.71. The number of phenols is 3. The maximum Gasteiger partial charge on any atom is 0.352 e. The molecule has 7 aromatic rings. The van der Waals surface area contributed by atoms with Crippen LogP contribution in [0.15, 0.2) is 114 Å². The Morgan fingerprint density at radius 3 is 1.97 bits per heavy atom. The fourth-order valence-electron chi connectivity index (χ4n) is 17.9. The summed E-state index contributed by atoms with van der Waals surface area (Å²) >= 11 is 22.7. The van der Waals surface area contributed by atoms with Gasteiger partial charge >= 0.3 is 11.9 Å². The molecule has 11 amide bonds. The van der Waals surface area contributed by atoms with Crippen molar-refractivity contribution >= 4 is 146 Å². The number of nitrogens with two attached hydrogens (primary N) is 3. The molecule has 16 rings (SSSR count). The van der Waals surface area contributed by atoms with E-state index in [0.717, 1.165) is 76.9 Å². The van der Waals surface area contributed by atoms with Crippen LogP contribution in [0.4, 0.5) is 5.13 Å². The van der Waals surface area contributed by atoms with Crippen LogP contribution in [0.25, 0.3) is 11.1 Å². The van der Waals surface area contributed by atoms with E-state index < -0.39 is 295 Å². The number of thiazole rings is 1. The van der Waals surface area contributed by atoms with Crippen molar-refractivity contribution in [3.8, 4) is 57.1 Å². The number of hydrogen-bond donors (Lipinski definition) is 25. The standard InChI is InChI=1S/C95H109Cl3N18O31S2/c1-37(2)23-50(102-5)82(129)110-69-73(123)41-12-15-54(48(96)25-41)143-56-27-43-28-57(78(56)147-93-79(77(127)76(126)58(35-117)145-93)146-62-31-95(4,101)80(128)38(3)142-62)144-55-16-13-42(26-49(55)97)74(124)70-88(135)109-66(91(137)138)46-29-53(119)47(75(125)63(46)45-24-40(11-14-52(45)118)64(84(131)111-70)108-85(132)65(43)107-83(130)51(30-59(99)120)106-87(69)134)33-103-19-20-104-60(121)9-7-8-10-61(122)105-32-39-17-21-115(22-18-39)34-44-36-148-90-71(89(136)116(90)72(44)92(139)140)112-86(133)68(114-141-6)67-81(98)149-94(100)113-67/h11-18,21-22,24-29,37-38,50-51,58,62,64-66,69-71,73-74,76-77,79-80,90,93,102-103,117,123-124,126-128H,7-10,19-20,23,30-36,101H2,1-6H3,(H17-,99,100,104,105,106,107,108,109,110,111,112,113,114,118,119,120,121,122,125,129,130,131,132,133,134,135,137,138,139,140)/p+1/t38-,50+,51-,58+,62-,64+,65+,66-,69+,70-,71+,73+,74+,76+,77-,79+,80+,90+,93-,95-/m0/s1. The molecule has 9 aliphatic rings. The number of unbranched alkanes of at least 4 members (excludes halogenated alkanes) is 1. The second kappa shape index (κ2) is 47.6. The Labute approximate surface area is 870 Å². The number of halogens is 3. The van der Waals surface area contributed by atoms with Crippen LogP contribution >= 0.6 is 57.9 Å². The van der Waals surface area contributed by atoms with Gasteiger partial charge in [0.25, 0.3) is 11.8 Å². The number of likely N-dealkylation sites (N-methyl/N-ethyl adjacent to an activating group) is 1. The number of carbonyl (C=O) groups excluding carboxylic acids is 11. The van der Waals surface area contributed by atoms with Crippen LogP contribution < -0.4 is 94.5 Å². The van der Waals surface area contributed by atoms with Gasteiger partial charge in [-0.05, 0) is 128 Å². The number of aromatic nitrogens is 2. The maximum absolute atomic E-state index is 16.4. The Balaban J connectivity index is 0.731. The van der Waals surface area contributed by atoms with E-state index >= 15 is 24.0 Å². The second-order valence-corrected chi connectivity index (χ2v) is 40.3. The first kappa shape index (κ1) is 111. The van der Waals surface area contributed by atoms with Gasteiger partial charge in [0.1, 0.15) is 124 Å². The van der Waals surface area contributed by atoms with Crippen molar-refractivity contribution in [3.63, 3.8) is 0 Å². The van der Waals surface area contributed by atoms with Crippen LogP contribution in [0.3, 0.4) is 0 Å². The second-order valence-electron chi connectivity index (χ2n) is 36.8. The summed E-state index contributed by atoms with van der Waals surface area (Å²) in [6.45, 7) is 5.04. The average molecular weight is 2170 g/mol. The number of aliphatic hydroxyl groups excluding tert-OH is 6. The van der Waals surface area contributed by atoms with Gasteiger partial charge in [0.15, 0.2) is 59.7 Å². The number of carboxylic acid groups (broad SMARTS) is 2. The van der Waals surface area contributed by atoms with Gasteiger partial charge in [-0.1, -0.05) is 83.3 Å². The van der Waals surface area contributed by atoms with Crippen molar-refractivity contribution < 1.29 is 156 Å². The Kier molecular flexibility index (Phi) is 35.5. The van der Waals surface area contributed by atoms with E-state index in [4.69, 9.17) is 85.3 Å². The molecule has 9 aliphatic heterocycles. The highest BCUT2D eigenvalue weighted by Crippen LogP contribution is 2.52. The van der Waals surface area contributed by atoms with Gasteiger partial charge in [0.2, 0.25) is 65.2 Å². The third-order valence-corrected chi connectivity index (χ3v) is 28.6. The summed E-state index contributed by atoms with van der Waals surface area (Å²) in [5.41, 5.74) is 13.3. The highest BCUT2D eigenvalue weighted by atomic mass is 35.5. The molecule has 3 saturated heterocycles. The van der Waals surface area contributed by atoms with E-state index in [1.807, 2.05) is 0 Å². The number of carbonyl (C=O) groups is 13. The highest BCUT2D eigenvalue weighted by Gasteiger charge is 2.57. The number of primary amides is 1. The molecule has 3 fully saturated rings. The summed E-state index contributed by atoms with van der Waals surface area (Å²) in [5.74, 6) is -20.5. The number of benzene rings is 5. The van der Waals surface area contributed by atoms with Crippen molar-refractivity contribution in [1.29, 1.82) is 0 Å². The van der Waals surface area contributed by atoms with Crippen molar-refractivity contribution in [3.05, 3.63) is 168 Å². The minimum absolute atomic E-state index is 0.0259. The number of carboxylic acids is 2.